The second-order valence-corrected chi connectivity index (χ2v) is 4.66. The van der Waals surface area contributed by atoms with Gasteiger partial charge in [0.1, 0.15) is 11.9 Å². The van der Waals surface area contributed by atoms with Crippen LogP contribution in [0.15, 0.2) is 18.5 Å². The number of carbonyl (C=O) groups excluding carboxylic acids is 2. The van der Waals surface area contributed by atoms with Crippen LogP contribution in [0.4, 0.5) is 4.39 Å². The SMILES string of the molecule is CO[C@H](C(=O)N[C@@H](CCC(=O)C=[N+]=[N-])C(=O)O)c1ccncc1F. The molecule has 10 heteroatoms. The smallest absolute Gasteiger partial charge is 0.326 e. The zero-order valence-corrected chi connectivity index (χ0v) is 12.7. The second-order valence-electron chi connectivity index (χ2n) is 4.66. The number of amides is 1. The first-order valence-electron chi connectivity index (χ1n) is 6.76. The average molecular weight is 338 g/mol. The minimum absolute atomic E-state index is 0.0994. The van der Waals surface area contributed by atoms with Crippen molar-refractivity contribution in [1.29, 1.82) is 0 Å². The van der Waals surface area contributed by atoms with Crippen LogP contribution in [-0.4, -0.2) is 51.9 Å². The maximum atomic E-state index is 13.7. The van der Waals surface area contributed by atoms with Crippen molar-refractivity contribution < 1.29 is 33.4 Å². The molecule has 1 rings (SSSR count). The van der Waals surface area contributed by atoms with Gasteiger partial charge in [0.25, 0.3) is 5.91 Å². The van der Waals surface area contributed by atoms with Gasteiger partial charge in [-0.15, -0.1) is 0 Å². The summed E-state index contributed by atoms with van der Waals surface area (Å²) in [4.78, 5) is 40.7. The van der Waals surface area contributed by atoms with Crippen LogP contribution in [0.5, 0.6) is 0 Å². The maximum Gasteiger partial charge on any atom is 0.326 e. The van der Waals surface area contributed by atoms with Crippen molar-refractivity contribution in [1.82, 2.24) is 10.3 Å². The molecule has 128 valence electrons. The number of carboxylic acid groups (broad SMARTS) is 1. The van der Waals surface area contributed by atoms with Gasteiger partial charge >= 0.3 is 12.2 Å². The lowest BCUT2D eigenvalue weighted by Crippen LogP contribution is -2.43. The molecule has 9 nitrogen and oxygen atoms in total. The third-order valence-corrected chi connectivity index (χ3v) is 3.06. The molecule has 24 heavy (non-hydrogen) atoms. The molecule has 1 aromatic heterocycles. The molecule has 0 spiro atoms. The molecule has 2 N–H and O–H groups in total. The van der Waals surface area contributed by atoms with Crippen LogP contribution in [-0.2, 0) is 19.1 Å². The Morgan fingerprint density at radius 1 is 1.54 bits per heavy atom. The van der Waals surface area contributed by atoms with Gasteiger partial charge < -0.3 is 20.7 Å². The summed E-state index contributed by atoms with van der Waals surface area (Å²) in [7, 11) is 1.17. The van der Waals surface area contributed by atoms with Gasteiger partial charge in [-0.3, -0.25) is 14.6 Å². The number of halogens is 1. The predicted octanol–water partition coefficient (Wildman–Crippen LogP) is 0.128. The highest BCUT2D eigenvalue weighted by atomic mass is 19.1. The van der Waals surface area contributed by atoms with E-state index in [2.05, 4.69) is 15.1 Å². The highest BCUT2D eigenvalue weighted by Crippen LogP contribution is 2.19. The molecule has 0 aliphatic carbocycles. The third kappa shape index (κ3) is 5.34. The van der Waals surface area contributed by atoms with Crippen LogP contribution < -0.4 is 5.32 Å². The maximum absolute atomic E-state index is 13.7. The van der Waals surface area contributed by atoms with Crippen LogP contribution >= 0.6 is 0 Å². The lowest BCUT2D eigenvalue weighted by atomic mass is 10.1. The van der Waals surface area contributed by atoms with E-state index in [0.29, 0.717) is 6.21 Å². The summed E-state index contributed by atoms with van der Waals surface area (Å²) < 4.78 is 18.6. The highest BCUT2D eigenvalue weighted by Gasteiger charge is 2.28. The molecule has 0 saturated heterocycles. The number of aliphatic carboxylic acids is 1. The van der Waals surface area contributed by atoms with E-state index in [1.165, 1.54) is 19.4 Å². The number of aromatic nitrogens is 1. The van der Waals surface area contributed by atoms with Crippen LogP contribution in [0.3, 0.4) is 0 Å². The Hall–Kier alpha value is -2.97. The molecular formula is C14H15FN4O5. The molecule has 0 fully saturated rings. The number of hydrogen-bond acceptors (Lipinski definition) is 5. The van der Waals surface area contributed by atoms with E-state index in [1.807, 2.05) is 0 Å². The summed E-state index contributed by atoms with van der Waals surface area (Å²) in [6.07, 6.45) is 0.925. The summed E-state index contributed by atoms with van der Waals surface area (Å²) in [6.45, 7) is 0. The van der Waals surface area contributed by atoms with Crippen molar-refractivity contribution in [2.75, 3.05) is 7.11 Å². The lowest BCUT2D eigenvalue weighted by Gasteiger charge is -2.19. The average Bonchev–Trinajstić information content (AvgIpc) is 2.53. The zero-order valence-electron chi connectivity index (χ0n) is 12.7. The Bertz CT molecular complexity index is 675. The number of Topliss-reactive ketones (excluding diaryl/α,β-unsaturated/α-hetero) is 1. The number of hydrogen-bond donors (Lipinski definition) is 2. The lowest BCUT2D eigenvalue weighted by molar-refractivity contribution is -0.144. The summed E-state index contributed by atoms with van der Waals surface area (Å²) in [6, 6.07) is -0.156. The quantitative estimate of drug-likeness (QED) is 0.372. The fourth-order valence-electron chi connectivity index (χ4n) is 1.89. The van der Waals surface area contributed by atoms with E-state index in [0.717, 1.165) is 6.20 Å². The van der Waals surface area contributed by atoms with Crippen molar-refractivity contribution in [3.63, 3.8) is 0 Å². The van der Waals surface area contributed by atoms with E-state index >= 15 is 0 Å². The normalized spacial score (nSPS) is 12.6. The number of carbonyl (C=O) groups is 3. The summed E-state index contributed by atoms with van der Waals surface area (Å²) in [5.41, 5.74) is 8.12. The van der Waals surface area contributed by atoms with E-state index < -0.39 is 35.6 Å². The van der Waals surface area contributed by atoms with Gasteiger partial charge in [-0.2, -0.15) is 4.79 Å². The Morgan fingerprint density at radius 3 is 2.79 bits per heavy atom. The van der Waals surface area contributed by atoms with Crippen molar-refractivity contribution in [2.24, 2.45) is 0 Å². The Morgan fingerprint density at radius 2 is 2.25 bits per heavy atom. The number of ketones is 1. The molecular weight excluding hydrogens is 323 g/mol. The summed E-state index contributed by atoms with van der Waals surface area (Å²) in [5.74, 6) is -3.64. The van der Waals surface area contributed by atoms with Gasteiger partial charge in [0.15, 0.2) is 6.10 Å². The molecule has 0 aliphatic rings. The molecule has 0 aromatic carbocycles. The third-order valence-electron chi connectivity index (χ3n) is 3.06. The zero-order chi connectivity index (χ0) is 18.1. The Balaban J connectivity index is 2.83. The fraction of sp³-hybridized carbons (Fsp3) is 0.357. The van der Waals surface area contributed by atoms with Crippen molar-refractivity contribution in [3.05, 3.63) is 35.4 Å². The second kappa shape index (κ2) is 9.23. The molecule has 1 heterocycles. The van der Waals surface area contributed by atoms with Crippen LogP contribution in [0.25, 0.3) is 5.53 Å². The molecule has 2 atom stereocenters. The van der Waals surface area contributed by atoms with E-state index in [-0.39, 0.29) is 18.4 Å². The van der Waals surface area contributed by atoms with Gasteiger partial charge in [0.05, 0.1) is 6.20 Å². The van der Waals surface area contributed by atoms with Gasteiger partial charge in [0, 0.05) is 25.3 Å². The molecule has 0 unspecified atom stereocenters. The van der Waals surface area contributed by atoms with Crippen molar-refractivity contribution >= 4 is 23.9 Å². The highest BCUT2D eigenvalue weighted by molar-refractivity contribution is 6.25. The first kappa shape index (κ1) is 19.1. The van der Waals surface area contributed by atoms with Gasteiger partial charge in [-0.25, -0.2) is 9.18 Å². The first-order valence-corrected chi connectivity index (χ1v) is 6.76. The Labute approximate surface area is 136 Å². The number of carboxylic acids is 1. The summed E-state index contributed by atoms with van der Waals surface area (Å²) in [5, 5.41) is 11.3. The summed E-state index contributed by atoms with van der Waals surface area (Å²) >= 11 is 0. The Kier molecular flexibility index (Phi) is 7.34. The predicted molar refractivity (Wildman–Crippen MR) is 77.4 cm³/mol. The number of rotatable bonds is 9. The van der Waals surface area contributed by atoms with Crippen LogP contribution in [0, 0.1) is 5.82 Å². The minimum atomic E-state index is -1.39. The molecule has 0 bridgehead atoms. The fourth-order valence-corrected chi connectivity index (χ4v) is 1.89. The van der Waals surface area contributed by atoms with Crippen LogP contribution in [0.2, 0.25) is 0 Å². The number of ether oxygens (including phenoxy) is 1. The molecule has 0 radical (unpaired) electrons. The van der Waals surface area contributed by atoms with Crippen molar-refractivity contribution in [2.45, 2.75) is 25.0 Å². The topological polar surface area (TPSA) is 142 Å². The van der Waals surface area contributed by atoms with Crippen molar-refractivity contribution in [3.8, 4) is 0 Å². The van der Waals surface area contributed by atoms with E-state index in [4.69, 9.17) is 15.4 Å². The standard InChI is InChI=1S/C14H15FN4O5/c1-24-12(9-4-5-17-7-10(9)15)13(21)19-11(14(22)23)3-2-8(20)6-18-16/h4-7,11-12H,2-3H2,1H3,(H,19,21)(H,22,23)/t11-,12-/m0/s1. The molecule has 0 aliphatic heterocycles. The molecule has 1 amide bonds. The minimum Gasteiger partial charge on any atom is -0.480 e. The number of methoxy groups -OCH3 is 1. The van der Waals surface area contributed by atoms with E-state index in [1.54, 1.807) is 0 Å². The monoisotopic (exact) mass is 338 g/mol. The van der Waals surface area contributed by atoms with Gasteiger partial charge in [0.2, 0.25) is 5.78 Å². The number of nitrogens with one attached hydrogen (secondary N) is 1. The molecule has 0 saturated carbocycles. The number of pyridine rings is 1. The van der Waals surface area contributed by atoms with Gasteiger partial charge in [-0.1, -0.05) is 0 Å². The van der Waals surface area contributed by atoms with Crippen LogP contribution in [0.1, 0.15) is 24.5 Å². The molecule has 1 aromatic rings. The van der Waals surface area contributed by atoms with Gasteiger partial charge in [-0.05, 0) is 12.5 Å². The first-order chi connectivity index (χ1) is 11.4. The number of nitrogens with zero attached hydrogens (tertiary/aromatic N) is 3. The van der Waals surface area contributed by atoms with E-state index in [9.17, 15) is 18.8 Å². The largest absolute Gasteiger partial charge is 0.480 e.